The predicted octanol–water partition coefficient (Wildman–Crippen LogP) is 12.8. The average molecular weight is 671 g/mol. The van der Waals surface area contributed by atoms with E-state index >= 15 is 0 Å². The summed E-state index contributed by atoms with van der Waals surface area (Å²) in [6.07, 6.45) is 0. The second-order valence-electron chi connectivity index (χ2n) is 12.8. The first-order valence-electron chi connectivity index (χ1n) is 18.0. The van der Waals surface area contributed by atoms with E-state index in [2.05, 4.69) is 82.8 Å². The lowest BCUT2D eigenvalue weighted by Gasteiger charge is -2.43. The lowest BCUT2D eigenvalue weighted by Crippen LogP contribution is -2.40. The molecule has 1 aliphatic rings. The van der Waals surface area contributed by atoms with Crippen LogP contribution >= 0.6 is 11.3 Å². The Labute approximate surface area is 300 Å². The van der Waals surface area contributed by atoms with E-state index in [0.717, 1.165) is 92.1 Å². The fraction of sp³-hybridized carbons (Fsp3) is 0. The third-order valence-corrected chi connectivity index (χ3v) is 11.1. The largest absolute Gasteiger partial charge is 0.251 e. The molecule has 10 aromatic rings. The second kappa shape index (κ2) is 11.0. The summed E-state index contributed by atoms with van der Waals surface area (Å²) in [5.41, 5.74) is 7.19. The standard InChI is InChI=1S/C46H28N4S/c1-3-15-29(16-4-1)43-35-23-11-13-25-38(35)47-46(48-43)50-44-41(33-21-9-10-22-34(33)45-42(44)36-24-12-14-26-40(36)51-45)37-27-30-17-7-8-18-31(30)28-39(37)49(50)32-19-5-2-6-20-32/h1-28H/i26D,28D. The van der Waals surface area contributed by atoms with Gasteiger partial charge in [-0.2, -0.15) is 0 Å². The predicted molar refractivity (Wildman–Crippen MR) is 215 cm³/mol. The molecule has 0 aliphatic carbocycles. The maximum Gasteiger partial charge on any atom is 0.251 e. The van der Waals surface area contributed by atoms with E-state index in [1.54, 1.807) is 11.3 Å². The summed E-state index contributed by atoms with van der Waals surface area (Å²) < 4.78 is 21.0. The highest BCUT2D eigenvalue weighted by Gasteiger charge is 2.37. The summed E-state index contributed by atoms with van der Waals surface area (Å²) in [5.74, 6) is 0.490. The Kier molecular flexibility index (Phi) is 5.66. The molecular formula is C46H28N4S. The molecule has 0 saturated carbocycles. The van der Waals surface area contributed by atoms with Crippen LogP contribution in [-0.2, 0) is 0 Å². The minimum absolute atomic E-state index is 0.425. The molecule has 8 aromatic carbocycles. The monoisotopic (exact) mass is 670 g/mol. The first-order valence-corrected chi connectivity index (χ1v) is 17.8. The molecule has 1 aliphatic heterocycles. The van der Waals surface area contributed by atoms with Crippen molar-refractivity contribution in [1.82, 2.24) is 9.97 Å². The number of hydrogen-bond acceptors (Lipinski definition) is 5. The van der Waals surface area contributed by atoms with Crippen LogP contribution in [0.5, 0.6) is 0 Å². The van der Waals surface area contributed by atoms with Gasteiger partial charge in [0.25, 0.3) is 5.95 Å². The van der Waals surface area contributed by atoms with Crippen LogP contribution < -0.4 is 10.0 Å². The topological polar surface area (TPSA) is 32.3 Å². The van der Waals surface area contributed by atoms with E-state index in [1.807, 2.05) is 84.9 Å². The number of benzene rings is 8. The minimum Gasteiger partial charge on any atom is -0.246 e. The molecule has 0 atom stereocenters. The van der Waals surface area contributed by atoms with Crippen LogP contribution in [0, 0.1) is 0 Å². The van der Waals surface area contributed by atoms with Crippen molar-refractivity contribution in [1.29, 1.82) is 0 Å². The molecule has 5 heteroatoms. The minimum atomic E-state index is 0.425. The maximum atomic E-state index is 9.97. The maximum absolute atomic E-state index is 9.97. The average Bonchev–Trinajstić information content (AvgIpc) is 3.62. The zero-order valence-electron chi connectivity index (χ0n) is 29.2. The number of anilines is 4. The van der Waals surface area contributed by atoms with Crippen LogP contribution in [0.1, 0.15) is 2.74 Å². The van der Waals surface area contributed by atoms with Crippen LogP contribution in [0.2, 0.25) is 0 Å². The lowest BCUT2D eigenvalue weighted by atomic mass is 9.88. The highest BCUT2D eigenvalue weighted by molar-refractivity contribution is 7.26. The van der Waals surface area contributed by atoms with Gasteiger partial charge in [-0.25, -0.2) is 20.0 Å². The number of hydrogen-bond donors (Lipinski definition) is 0. The molecule has 11 rings (SSSR count). The van der Waals surface area contributed by atoms with Gasteiger partial charge in [-0.3, -0.25) is 0 Å². The van der Waals surface area contributed by atoms with E-state index in [0.29, 0.717) is 18.0 Å². The molecule has 0 amide bonds. The van der Waals surface area contributed by atoms with E-state index < -0.39 is 0 Å². The normalized spacial score (nSPS) is 13.2. The second-order valence-corrected chi connectivity index (χ2v) is 13.8. The van der Waals surface area contributed by atoms with Crippen LogP contribution in [0.25, 0.3) is 75.0 Å². The quantitative estimate of drug-likeness (QED) is 0.187. The third-order valence-electron chi connectivity index (χ3n) is 9.92. The van der Waals surface area contributed by atoms with Crippen molar-refractivity contribution >= 4 is 87.0 Å². The molecule has 0 bridgehead atoms. The third kappa shape index (κ3) is 4.19. The number of hydrazine groups is 1. The van der Waals surface area contributed by atoms with Crippen molar-refractivity contribution in [3.8, 4) is 22.4 Å². The van der Waals surface area contributed by atoms with Gasteiger partial charge < -0.3 is 0 Å². The summed E-state index contributed by atoms with van der Waals surface area (Å²) in [4.78, 5) is 10.9. The first kappa shape index (κ1) is 26.3. The van der Waals surface area contributed by atoms with Gasteiger partial charge >= 0.3 is 0 Å². The van der Waals surface area contributed by atoms with Gasteiger partial charge in [0.15, 0.2) is 0 Å². The summed E-state index contributed by atoms with van der Waals surface area (Å²) >= 11 is 1.66. The Hall–Kier alpha value is -6.56. The fourth-order valence-corrected chi connectivity index (χ4v) is 8.94. The highest BCUT2D eigenvalue weighted by Crippen LogP contribution is 2.58. The van der Waals surface area contributed by atoms with E-state index in [-0.39, 0.29) is 0 Å². The molecule has 4 nitrogen and oxygen atoms in total. The molecule has 0 N–H and O–H groups in total. The van der Waals surface area contributed by atoms with Gasteiger partial charge in [-0.05, 0) is 52.5 Å². The van der Waals surface area contributed by atoms with Gasteiger partial charge in [0.2, 0.25) is 0 Å². The van der Waals surface area contributed by atoms with Crippen LogP contribution in [0.4, 0.5) is 23.0 Å². The van der Waals surface area contributed by atoms with Crippen LogP contribution in [0.15, 0.2) is 170 Å². The van der Waals surface area contributed by atoms with Crippen molar-refractivity contribution in [3.05, 3.63) is 170 Å². The van der Waals surface area contributed by atoms with Gasteiger partial charge in [0, 0.05) is 47.6 Å². The SMILES string of the molecule is [2H]c1c2c(cc3ccccc13)-c1c(c3c4cccc([2H])c4sc3c3ccccc13)N(c1nc(-c3ccccc3)c3ccccc3n1)N2c1ccccc1. The number of para-hydroxylation sites is 2. The lowest BCUT2D eigenvalue weighted by molar-refractivity contribution is 0.932. The molecule has 0 spiro atoms. The van der Waals surface area contributed by atoms with Crippen molar-refractivity contribution in [2.24, 2.45) is 0 Å². The zero-order chi connectivity index (χ0) is 35.2. The molecule has 238 valence electrons. The number of fused-ring (bicyclic) bond motifs is 12. The van der Waals surface area contributed by atoms with E-state index in [4.69, 9.17) is 11.3 Å². The first-order chi connectivity index (χ1) is 26.2. The molecule has 0 unspecified atom stereocenters. The van der Waals surface area contributed by atoms with Crippen LogP contribution in [0.3, 0.4) is 0 Å². The van der Waals surface area contributed by atoms with Gasteiger partial charge in [-0.15, -0.1) is 11.3 Å². The van der Waals surface area contributed by atoms with Crippen molar-refractivity contribution in [3.63, 3.8) is 0 Å². The number of nitrogens with zero attached hydrogens (tertiary/aromatic N) is 4. The van der Waals surface area contributed by atoms with Crippen molar-refractivity contribution in [2.75, 3.05) is 10.0 Å². The van der Waals surface area contributed by atoms with Crippen molar-refractivity contribution in [2.45, 2.75) is 0 Å². The van der Waals surface area contributed by atoms with Gasteiger partial charge in [0.05, 0.1) is 31.0 Å². The molecule has 2 aromatic heterocycles. The Balaban J connectivity index is 1.39. The molecule has 0 radical (unpaired) electrons. The molecule has 3 heterocycles. The highest BCUT2D eigenvalue weighted by atomic mass is 32.1. The summed E-state index contributed by atoms with van der Waals surface area (Å²) in [7, 11) is 0. The molecule has 0 fully saturated rings. The Bertz CT molecular complexity index is 3110. The zero-order valence-corrected chi connectivity index (χ0v) is 28.0. The number of thiophene rings is 1. The summed E-state index contributed by atoms with van der Waals surface area (Å²) in [5, 5.41) is 11.4. The molecule has 51 heavy (non-hydrogen) atoms. The Morgan fingerprint density at radius 1 is 0.569 bits per heavy atom. The number of rotatable bonds is 3. The molecule has 0 saturated heterocycles. The van der Waals surface area contributed by atoms with E-state index in [9.17, 15) is 1.37 Å². The van der Waals surface area contributed by atoms with Crippen molar-refractivity contribution < 1.29 is 2.74 Å². The van der Waals surface area contributed by atoms with E-state index in [1.165, 1.54) is 0 Å². The summed E-state index contributed by atoms with van der Waals surface area (Å²) in [6, 6.07) is 54.6. The number of aromatic nitrogens is 2. The van der Waals surface area contributed by atoms with Crippen LogP contribution in [-0.4, -0.2) is 9.97 Å². The molecular weight excluding hydrogens is 641 g/mol. The fourth-order valence-electron chi connectivity index (χ4n) is 7.73. The Morgan fingerprint density at radius 2 is 1.24 bits per heavy atom. The summed E-state index contributed by atoms with van der Waals surface area (Å²) in [6.45, 7) is 0. The van der Waals surface area contributed by atoms with Gasteiger partial charge in [0.1, 0.15) is 0 Å². The smallest absolute Gasteiger partial charge is 0.246 e. The van der Waals surface area contributed by atoms with Gasteiger partial charge in [-0.1, -0.05) is 133 Å². The Morgan fingerprint density at radius 3 is 2.08 bits per heavy atom.